The van der Waals surface area contributed by atoms with Crippen molar-refractivity contribution >= 4 is 23.4 Å². The summed E-state index contributed by atoms with van der Waals surface area (Å²) >= 11 is 5.88. The Labute approximate surface area is 141 Å². The summed E-state index contributed by atoms with van der Waals surface area (Å²) in [6.45, 7) is 2.44. The van der Waals surface area contributed by atoms with Crippen LogP contribution >= 0.6 is 11.6 Å². The highest BCUT2D eigenvalue weighted by Crippen LogP contribution is 2.14. The summed E-state index contributed by atoms with van der Waals surface area (Å²) < 4.78 is 5.60. The van der Waals surface area contributed by atoms with Gasteiger partial charge in [0.05, 0.1) is 6.10 Å². The monoisotopic (exact) mass is 332 g/mol. The first-order valence-corrected chi connectivity index (χ1v) is 8.34. The van der Waals surface area contributed by atoms with Crippen LogP contribution in [-0.2, 0) is 11.2 Å². The molecule has 1 aliphatic heterocycles. The second-order valence-corrected chi connectivity index (χ2v) is 6.02. The maximum Gasteiger partial charge on any atom is 0.224 e. The van der Waals surface area contributed by atoms with Gasteiger partial charge in [-0.1, -0.05) is 23.7 Å². The molecule has 1 aliphatic rings. The van der Waals surface area contributed by atoms with Crippen molar-refractivity contribution in [1.82, 2.24) is 9.97 Å². The maximum absolute atomic E-state index is 5.88. The number of hydrogen-bond acceptors (Lipinski definition) is 5. The average Bonchev–Trinajstić information content (AvgIpc) is 3.09. The van der Waals surface area contributed by atoms with E-state index in [2.05, 4.69) is 20.6 Å². The Kier molecular flexibility index (Phi) is 5.66. The van der Waals surface area contributed by atoms with Gasteiger partial charge in [0.15, 0.2) is 0 Å². The molecule has 0 saturated carbocycles. The third-order valence-electron chi connectivity index (χ3n) is 3.80. The Balaban J connectivity index is 1.46. The fourth-order valence-corrected chi connectivity index (χ4v) is 2.66. The van der Waals surface area contributed by atoms with Crippen molar-refractivity contribution in [3.05, 3.63) is 47.1 Å². The summed E-state index contributed by atoms with van der Waals surface area (Å²) in [6.07, 6.45) is 5.22. The van der Waals surface area contributed by atoms with Crippen molar-refractivity contribution in [3.8, 4) is 0 Å². The molecule has 0 aliphatic carbocycles. The van der Waals surface area contributed by atoms with Crippen LogP contribution in [0, 0.1) is 0 Å². The van der Waals surface area contributed by atoms with Crippen LogP contribution in [0.25, 0.3) is 0 Å². The van der Waals surface area contributed by atoms with Crippen molar-refractivity contribution in [1.29, 1.82) is 0 Å². The number of aromatic nitrogens is 2. The lowest BCUT2D eigenvalue weighted by Gasteiger charge is -2.12. The smallest absolute Gasteiger partial charge is 0.224 e. The molecular weight excluding hydrogens is 312 g/mol. The van der Waals surface area contributed by atoms with Gasteiger partial charge in [-0.3, -0.25) is 0 Å². The molecule has 0 bridgehead atoms. The van der Waals surface area contributed by atoms with Crippen LogP contribution in [-0.4, -0.2) is 35.8 Å². The van der Waals surface area contributed by atoms with Crippen LogP contribution in [0.3, 0.4) is 0 Å². The zero-order valence-corrected chi connectivity index (χ0v) is 13.7. The topological polar surface area (TPSA) is 59.1 Å². The van der Waals surface area contributed by atoms with Gasteiger partial charge in [-0.25, -0.2) is 4.98 Å². The third-order valence-corrected chi connectivity index (χ3v) is 4.05. The van der Waals surface area contributed by atoms with Crippen LogP contribution in [0.4, 0.5) is 11.8 Å². The Morgan fingerprint density at radius 1 is 1.17 bits per heavy atom. The van der Waals surface area contributed by atoms with Gasteiger partial charge in [-0.2, -0.15) is 4.98 Å². The first-order valence-electron chi connectivity index (χ1n) is 7.96. The van der Waals surface area contributed by atoms with Crippen LogP contribution < -0.4 is 10.6 Å². The Morgan fingerprint density at radius 2 is 2.04 bits per heavy atom. The van der Waals surface area contributed by atoms with E-state index in [1.54, 1.807) is 6.20 Å². The zero-order valence-electron chi connectivity index (χ0n) is 13.0. The maximum atomic E-state index is 5.88. The van der Waals surface area contributed by atoms with Gasteiger partial charge in [-0.05, 0) is 43.0 Å². The summed E-state index contributed by atoms with van der Waals surface area (Å²) in [7, 11) is 0. The molecule has 2 heterocycles. The number of nitrogens with one attached hydrogen (secondary N) is 2. The second kappa shape index (κ2) is 8.13. The van der Waals surface area contributed by atoms with Gasteiger partial charge in [0.1, 0.15) is 5.82 Å². The Morgan fingerprint density at radius 3 is 2.83 bits per heavy atom. The number of hydrogen-bond donors (Lipinski definition) is 2. The lowest BCUT2D eigenvalue weighted by molar-refractivity contribution is 0.120. The molecule has 1 fully saturated rings. The number of halogens is 1. The predicted octanol–water partition coefficient (Wildman–Crippen LogP) is 3.38. The van der Waals surface area contributed by atoms with E-state index in [0.29, 0.717) is 12.1 Å². The molecule has 1 saturated heterocycles. The number of anilines is 2. The van der Waals surface area contributed by atoms with Gasteiger partial charge in [0.2, 0.25) is 5.95 Å². The fraction of sp³-hybridized carbons (Fsp3) is 0.412. The quantitative estimate of drug-likeness (QED) is 0.814. The molecule has 1 aromatic heterocycles. The standard InChI is InChI=1S/C17H21ClN4O/c18-14-5-3-13(4-6-14)7-9-19-17-20-10-8-16(22-17)21-12-15-2-1-11-23-15/h3-6,8,10,15H,1-2,7,9,11-12H2,(H2,19,20,21,22). The van der Waals surface area contributed by atoms with Crippen molar-refractivity contribution in [2.75, 3.05) is 30.3 Å². The highest BCUT2D eigenvalue weighted by Gasteiger charge is 2.15. The van der Waals surface area contributed by atoms with Gasteiger partial charge in [-0.15, -0.1) is 0 Å². The summed E-state index contributed by atoms with van der Waals surface area (Å²) in [4.78, 5) is 8.72. The van der Waals surface area contributed by atoms with Crippen molar-refractivity contribution < 1.29 is 4.74 Å². The molecule has 0 radical (unpaired) electrons. The van der Waals surface area contributed by atoms with E-state index in [1.807, 2.05) is 30.3 Å². The van der Waals surface area contributed by atoms with Crippen LogP contribution in [0.15, 0.2) is 36.5 Å². The van der Waals surface area contributed by atoms with Crippen LogP contribution in [0.5, 0.6) is 0 Å². The summed E-state index contributed by atoms with van der Waals surface area (Å²) in [5.41, 5.74) is 1.23. The van der Waals surface area contributed by atoms with Gasteiger partial charge < -0.3 is 15.4 Å². The molecule has 0 amide bonds. The SMILES string of the molecule is Clc1ccc(CCNc2nccc(NCC3CCCO3)n2)cc1. The van der Waals surface area contributed by atoms with E-state index in [0.717, 1.165) is 49.8 Å². The average molecular weight is 333 g/mol. The van der Waals surface area contributed by atoms with Crippen molar-refractivity contribution in [2.24, 2.45) is 0 Å². The number of rotatable bonds is 7. The molecule has 6 heteroatoms. The lowest BCUT2D eigenvalue weighted by Crippen LogP contribution is -2.19. The first kappa shape index (κ1) is 16.0. The minimum Gasteiger partial charge on any atom is -0.376 e. The molecule has 2 N–H and O–H groups in total. The van der Waals surface area contributed by atoms with E-state index < -0.39 is 0 Å². The van der Waals surface area contributed by atoms with Crippen LogP contribution in [0.1, 0.15) is 18.4 Å². The number of nitrogens with zero attached hydrogens (tertiary/aromatic N) is 2. The highest BCUT2D eigenvalue weighted by molar-refractivity contribution is 6.30. The van der Waals surface area contributed by atoms with Crippen LogP contribution in [0.2, 0.25) is 5.02 Å². The number of ether oxygens (including phenoxy) is 1. The molecule has 1 atom stereocenters. The fourth-order valence-electron chi connectivity index (χ4n) is 2.54. The summed E-state index contributed by atoms with van der Waals surface area (Å²) in [5.74, 6) is 1.46. The molecule has 5 nitrogen and oxygen atoms in total. The molecule has 23 heavy (non-hydrogen) atoms. The zero-order chi connectivity index (χ0) is 15.9. The van der Waals surface area contributed by atoms with Crippen molar-refractivity contribution in [2.45, 2.75) is 25.4 Å². The van der Waals surface area contributed by atoms with E-state index in [9.17, 15) is 0 Å². The van der Waals surface area contributed by atoms with Gasteiger partial charge in [0, 0.05) is 30.9 Å². The highest BCUT2D eigenvalue weighted by atomic mass is 35.5. The second-order valence-electron chi connectivity index (χ2n) is 5.58. The molecule has 0 spiro atoms. The minimum absolute atomic E-state index is 0.297. The van der Waals surface area contributed by atoms with Crippen molar-refractivity contribution in [3.63, 3.8) is 0 Å². The minimum atomic E-state index is 0.297. The van der Waals surface area contributed by atoms with E-state index >= 15 is 0 Å². The molecule has 1 aromatic carbocycles. The molecule has 122 valence electrons. The molecule has 2 aromatic rings. The summed E-state index contributed by atoms with van der Waals surface area (Å²) in [6, 6.07) is 9.75. The Bertz CT molecular complexity index is 614. The first-order chi connectivity index (χ1) is 11.3. The Hall–Kier alpha value is -1.85. The largest absolute Gasteiger partial charge is 0.376 e. The normalized spacial score (nSPS) is 17.2. The van der Waals surface area contributed by atoms with E-state index in [4.69, 9.17) is 16.3 Å². The predicted molar refractivity (Wildman–Crippen MR) is 93.1 cm³/mol. The van der Waals surface area contributed by atoms with Gasteiger partial charge in [0.25, 0.3) is 0 Å². The third kappa shape index (κ3) is 5.08. The molecular formula is C17H21ClN4O. The summed E-state index contributed by atoms with van der Waals surface area (Å²) in [5, 5.41) is 7.32. The number of benzene rings is 1. The lowest BCUT2D eigenvalue weighted by atomic mass is 10.1. The van der Waals surface area contributed by atoms with E-state index in [-0.39, 0.29) is 0 Å². The molecule has 1 unspecified atom stereocenters. The van der Waals surface area contributed by atoms with E-state index in [1.165, 1.54) is 5.56 Å². The van der Waals surface area contributed by atoms with Gasteiger partial charge >= 0.3 is 0 Å². The molecule has 3 rings (SSSR count).